The van der Waals surface area contributed by atoms with E-state index in [1.165, 1.54) is 0 Å². The molecule has 2 heterocycles. The van der Waals surface area contributed by atoms with Gasteiger partial charge in [-0.25, -0.2) is 9.78 Å². The van der Waals surface area contributed by atoms with Gasteiger partial charge in [0.05, 0.1) is 0 Å². The second-order valence-corrected chi connectivity index (χ2v) is 5.89. The summed E-state index contributed by atoms with van der Waals surface area (Å²) < 4.78 is 5.38. The number of hydrogen-bond donors (Lipinski definition) is 1. The van der Waals surface area contributed by atoms with Gasteiger partial charge in [0.25, 0.3) is 0 Å². The number of rotatable bonds is 1. The molecule has 110 valence electrons. The number of amides is 1. The minimum atomic E-state index is -0.451. The highest BCUT2D eigenvalue weighted by Gasteiger charge is 2.25. The molecule has 1 aromatic rings. The number of aromatic nitrogens is 1. The van der Waals surface area contributed by atoms with Crippen LogP contribution in [0, 0.1) is 0 Å². The second-order valence-electron chi connectivity index (χ2n) is 5.89. The summed E-state index contributed by atoms with van der Waals surface area (Å²) in [6.45, 7) is 8.46. The maximum atomic E-state index is 12.0. The van der Waals surface area contributed by atoms with Crippen molar-refractivity contribution < 1.29 is 9.53 Å². The number of anilines is 2. The Morgan fingerprint density at radius 2 is 1.95 bits per heavy atom. The van der Waals surface area contributed by atoms with E-state index in [0.717, 1.165) is 18.8 Å². The summed E-state index contributed by atoms with van der Waals surface area (Å²) >= 11 is 0. The van der Waals surface area contributed by atoms with Crippen LogP contribution in [0.1, 0.15) is 20.8 Å². The Hall–Kier alpha value is -1.98. The lowest BCUT2D eigenvalue weighted by molar-refractivity contribution is 0.0240. The first-order valence-electron chi connectivity index (χ1n) is 6.79. The molecule has 0 spiro atoms. The number of pyridine rings is 1. The summed E-state index contributed by atoms with van der Waals surface area (Å²) in [4.78, 5) is 19.9. The molecule has 1 aliphatic rings. The molecular weight excluding hydrogens is 256 g/mol. The van der Waals surface area contributed by atoms with Crippen LogP contribution in [0.5, 0.6) is 0 Å². The molecule has 0 atom stereocenters. The molecule has 0 saturated carbocycles. The van der Waals surface area contributed by atoms with Gasteiger partial charge < -0.3 is 20.3 Å². The molecule has 1 aliphatic heterocycles. The van der Waals surface area contributed by atoms with Gasteiger partial charge in [0.1, 0.15) is 11.4 Å². The summed E-state index contributed by atoms with van der Waals surface area (Å²) in [5.41, 5.74) is 6.28. The summed E-state index contributed by atoms with van der Waals surface area (Å²) in [5, 5.41) is 0. The first-order valence-corrected chi connectivity index (χ1v) is 6.79. The van der Waals surface area contributed by atoms with Crippen molar-refractivity contribution in [3.8, 4) is 0 Å². The maximum absolute atomic E-state index is 12.0. The van der Waals surface area contributed by atoms with Gasteiger partial charge in [0.2, 0.25) is 0 Å². The maximum Gasteiger partial charge on any atom is 0.410 e. The molecule has 20 heavy (non-hydrogen) atoms. The highest BCUT2D eigenvalue weighted by atomic mass is 16.6. The molecule has 0 unspecified atom stereocenters. The normalized spacial score (nSPS) is 16.1. The van der Waals surface area contributed by atoms with E-state index in [1.807, 2.05) is 32.9 Å². The van der Waals surface area contributed by atoms with Crippen molar-refractivity contribution >= 4 is 17.6 Å². The minimum Gasteiger partial charge on any atom is -0.444 e. The van der Waals surface area contributed by atoms with E-state index in [9.17, 15) is 4.79 Å². The molecule has 2 N–H and O–H groups in total. The molecule has 6 heteroatoms. The largest absolute Gasteiger partial charge is 0.444 e. The van der Waals surface area contributed by atoms with Crippen LogP contribution in [-0.2, 0) is 4.74 Å². The molecular formula is C14H22N4O2. The van der Waals surface area contributed by atoms with E-state index < -0.39 is 5.60 Å². The Morgan fingerprint density at radius 3 is 2.50 bits per heavy atom. The quantitative estimate of drug-likeness (QED) is 0.847. The number of carbonyl (C=O) groups excluding carboxylic acids is 1. The monoisotopic (exact) mass is 278 g/mol. The van der Waals surface area contributed by atoms with Crippen LogP contribution < -0.4 is 10.6 Å². The molecule has 6 nitrogen and oxygen atoms in total. The SMILES string of the molecule is CC(C)(C)OC(=O)N1CCN(c2ccnc(N)c2)CC1. The van der Waals surface area contributed by atoms with Crippen molar-refractivity contribution in [1.29, 1.82) is 0 Å². The summed E-state index contributed by atoms with van der Waals surface area (Å²) in [6, 6.07) is 3.78. The van der Waals surface area contributed by atoms with Crippen molar-refractivity contribution in [1.82, 2.24) is 9.88 Å². The van der Waals surface area contributed by atoms with Crippen molar-refractivity contribution in [2.75, 3.05) is 36.8 Å². The Bertz CT molecular complexity index is 476. The lowest BCUT2D eigenvalue weighted by Gasteiger charge is -2.36. The Balaban J connectivity index is 1.91. The average molecular weight is 278 g/mol. The number of nitrogen functional groups attached to an aromatic ring is 1. The molecule has 0 aromatic carbocycles. The summed E-state index contributed by atoms with van der Waals surface area (Å²) in [6.07, 6.45) is 1.46. The lowest BCUT2D eigenvalue weighted by atomic mass is 10.2. The predicted octanol–water partition coefficient (Wildman–Crippen LogP) is 1.72. The first-order chi connectivity index (χ1) is 9.35. The number of nitrogens with zero attached hydrogens (tertiary/aromatic N) is 3. The number of carbonyl (C=O) groups is 1. The van der Waals surface area contributed by atoms with E-state index >= 15 is 0 Å². The van der Waals surface area contributed by atoms with Gasteiger partial charge in [0.15, 0.2) is 0 Å². The molecule has 0 bridgehead atoms. The van der Waals surface area contributed by atoms with E-state index in [4.69, 9.17) is 10.5 Å². The zero-order valence-electron chi connectivity index (χ0n) is 12.3. The minimum absolute atomic E-state index is 0.244. The lowest BCUT2D eigenvalue weighted by Crippen LogP contribution is -2.50. The molecule has 2 rings (SSSR count). The molecule has 1 aromatic heterocycles. The van der Waals surface area contributed by atoms with Gasteiger partial charge in [-0.05, 0) is 26.8 Å². The van der Waals surface area contributed by atoms with Crippen LogP contribution in [0.15, 0.2) is 18.3 Å². The number of ether oxygens (including phenoxy) is 1. The van der Waals surface area contributed by atoms with Crippen LogP contribution in [-0.4, -0.2) is 47.8 Å². The van der Waals surface area contributed by atoms with Gasteiger partial charge in [-0.1, -0.05) is 0 Å². The topological polar surface area (TPSA) is 71.7 Å². The van der Waals surface area contributed by atoms with Crippen molar-refractivity contribution in [2.45, 2.75) is 26.4 Å². The average Bonchev–Trinajstić information content (AvgIpc) is 2.37. The summed E-state index contributed by atoms with van der Waals surface area (Å²) in [5.74, 6) is 0.511. The fourth-order valence-electron chi connectivity index (χ4n) is 2.11. The highest BCUT2D eigenvalue weighted by Crippen LogP contribution is 2.18. The van der Waals surface area contributed by atoms with Gasteiger partial charge in [0, 0.05) is 44.1 Å². The molecule has 0 radical (unpaired) electrons. The van der Waals surface area contributed by atoms with Crippen LogP contribution in [0.3, 0.4) is 0 Å². The third kappa shape index (κ3) is 3.76. The zero-order chi connectivity index (χ0) is 14.8. The Kier molecular flexibility index (Phi) is 4.01. The smallest absolute Gasteiger partial charge is 0.410 e. The van der Waals surface area contributed by atoms with Crippen molar-refractivity contribution in [3.05, 3.63) is 18.3 Å². The molecule has 0 aliphatic carbocycles. The Labute approximate surface area is 119 Å². The summed E-state index contributed by atoms with van der Waals surface area (Å²) in [7, 11) is 0. The van der Waals surface area contributed by atoms with Gasteiger partial charge >= 0.3 is 6.09 Å². The predicted molar refractivity (Wildman–Crippen MR) is 78.7 cm³/mol. The van der Waals surface area contributed by atoms with Crippen LogP contribution in [0.4, 0.5) is 16.3 Å². The van der Waals surface area contributed by atoms with Gasteiger partial charge in [-0.2, -0.15) is 0 Å². The fraction of sp³-hybridized carbons (Fsp3) is 0.571. The van der Waals surface area contributed by atoms with Gasteiger partial charge in [-0.3, -0.25) is 0 Å². The fourth-order valence-corrected chi connectivity index (χ4v) is 2.11. The van der Waals surface area contributed by atoms with Crippen molar-refractivity contribution in [2.24, 2.45) is 0 Å². The molecule has 1 fully saturated rings. The number of hydrogen-bond acceptors (Lipinski definition) is 5. The first kappa shape index (κ1) is 14.4. The van der Waals surface area contributed by atoms with Crippen LogP contribution >= 0.6 is 0 Å². The molecule has 1 saturated heterocycles. The van der Waals surface area contributed by atoms with E-state index in [1.54, 1.807) is 11.1 Å². The highest BCUT2D eigenvalue weighted by molar-refractivity contribution is 5.68. The van der Waals surface area contributed by atoms with Gasteiger partial charge in [-0.15, -0.1) is 0 Å². The number of piperazine rings is 1. The third-order valence-corrected chi connectivity index (χ3v) is 3.06. The van der Waals surface area contributed by atoms with Crippen LogP contribution in [0.25, 0.3) is 0 Å². The standard InChI is InChI=1S/C14H22N4O2/c1-14(2,3)20-13(19)18-8-6-17(7-9-18)11-4-5-16-12(15)10-11/h4-5,10H,6-9H2,1-3H3,(H2,15,16). The third-order valence-electron chi connectivity index (χ3n) is 3.06. The van der Waals surface area contributed by atoms with E-state index in [-0.39, 0.29) is 6.09 Å². The van der Waals surface area contributed by atoms with E-state index in [2.05, 4.69) is 9.88 Å². The second kappa shape index (κ2) is 5.56. The zero-order valence-corrected chi connectivity index (χ0v) is 12.3. The Morgan fingerprint density at radius 1 is 1.30 bits per heavy atom. The van der Waals surface area contributed by atoms with E-state index in [0.29, 0.717) is 18.9 Å². The van der Waals surface area contributed by atoms with Crippen molar-refractivity contribution in [3.63, 3.8) is 0 Å². The van der Waals surface area contributed by atoms with Crippen LogP contribution in [0.2, 0.25) is 0 Å². The number of nitrogens with two attached hydrogens (primary N) is 1. The molecule has 1 amide bonds.